The smallest absolute Gasteiger partial charge is 0.307 e. The highest BCUT2D eigenvalue weighted by atomic mass is 19.4. The zero-order valence-electron chi connectivity index (χ0n) is 13.9. The summed E-state index contributed by atoms with van der Waals surface area (Å²) in [4.78, 5) is 16.6. The Hall–Kier alpha value is -3.42. The van der Waals surface area contributed by atoms with Crippen molar-refractivity contribution in [3.63, 3.8) is 0 Å². The van der Waals surface area contributed by atoms with E-state index < -0.39 is 24.5 Å². The molecular formula is C16H12F4N6O. The van der Waals surface area contributed by atoms with Crippen molar-refractivity contribution >= 4 is 22.9 Å². The molecule has 140 valence electrons. The fourth-order valence-corrected chi connectivity index (χ4v) is 2.58. The number of carbonyl (C=O) groups excluding carboxylic acids is 1. The molecular weight excluding hydrogens is 368 g/mol. The minimum atomic E-state index is -4.69. The number of hydrogen-bond donors (Lipinski definition) is 1. The van der Waals surface area contributed by atoms with Gasteiger partial charge in [0.1, 0.15) is 12.4 Å². The molecule has 2 aromatic heterocycles. The topological polar surface area (TPSA) is 88.5 Å². The van der Waals surface area contributed by atoms with E-state index in [0.29, 0.717) is 22.7 Å². The predicted molar refractivity (Wildman–Crippen MR) is 86.6 cm³/mol. The van der Waals surface area contributed by atoms with Crippen LogP contribution in [0.3, 0.4) is 0 Å². The van der Waals surface area contributed by atoms with E-state index in [1.54, 1.807) is 0 Å². The zero-order valence-corrected chi connectivity index (χ0v) is 13.9. The van der Waals surface area contributed by atoms with E-state index in [2.05, 4.69) is 15.4 Å². The summed E-state index contributed by atoms with van der Waals surface area (Å²) in [5.74, 6) is -0.922. The van der Waals surface area contributed by atoms with Crippen LogP contribution in [0.15, 0.2) is 24.3 Å². The molecule has 0 aliphatic heterocycles. The van der Waals surface area contributed by atoms with Gasteiger partial charge >= 0.3 is 6.18 Å². The van der Waals surface area contributed by atoms with Crippen LogP contribution in [0.1, 0.15) is 21.7 Å². The maximum atomic E-state index is 12.9. The van der Waals surface area contributed by atoms with Crippen LogP contribution < -0.4 is 5.32 Å². The molecule has 0 saturated heterocycles. The van der Waals surface area contributed by atoms with Crippen LogP contribution in [0.4, 0.5) is 23.5 Å². The van der Waals surface area contributed by atoms with Crippen LogP contribution in [0.25, 0.3) is 11.0 Å². The third-order valence-corrected chi connectivity index (χ3v) is 3.81. The number of nitriles is 1. The van der Waals surface area contributed by atoms with Crippen LogP contribution in [-0.2, 0) is 19.8 Å². The van der Waals surface area contributed by atoms with Gasteiger partial charge in [0.25, 0.3) is 5.91 Å². The number of benzene rings is 1. The van der Waals surface area contributed by atoms with Crippen LogP contribution in [0.5, 0.6) is 0 Å². The molecule has 7 nitrogen and oxygen atoms in total. The Morgan fingerprint density at radius 3 is 2.67 bits per heavy atom. The highest BCUT2D eigenvalue weighted by Gasteiger charge is 2.35. The number of fused-ring (bicyclic) bond motifs is 1. The number of halogens is 4. The average molecular weight is 380 g/mol. The fourth-order valence-electron chi connectivity index (χ4n) is 2.58. The standard InChI is InChI=1S/C16H12F4N6O/c1-25-12(7-13(24-25)16(18,19)20)14(27)23-15-22-10-3-2-9(8-21)6-11(10)26(15)5-4-17/h2-3,6-7H,4-5H2,1H3,(H,22,23,27). The number of nitrogens with one attached hydrogen (secondary N) is 1. The van der Waals surface area contributed by atoms with Crippen LogP contribution >= 0.6 is 0 Å². The van der Waals surface area contributed by atoms with Gasteiger partial charge in [-0.1, -0.05) is 0 Å². The Morgan fingerprint density at radius 2 is 2.07 bits per heavy atom. The number of alkyl halides is 4. The number of imidazole rings is 1. The maximum absolute atomic E-state index is 12.9. The summed E-state index contributed by atoms with van der Waals surface area (Å²) in [7, 11) is 1.20. The molecule has 2 heterocycles. The largest absolute Gasteiger partial charge is 0.435 e. The number of hydrogen-bond acceptors (Lipinski definition) is 4. The van der Waals surface area contributed by atoms with E-state index in [1.807, 2.05) is 6.07 Å². The highest BCUT2D eigenvalue weighted by molar-refractivity contribution is 6.03. The average Bonchev–Trinajstić information content (AvgIpc) is 3.16. The monoisotopic (exact) mass is 380 g/mol. The van der Waals surface area contributed by atoms with E-state index in [-0.39, 0.29) is 18.2 Å². The van der Waals surface area contributed by atoms with E-state index in [4.69, 9.17) is 5.26 Å². The Kier molecular flexibility index (Phi) is 4.57. The Morgan fingerprint density at radius 1 is 1.33 bits per heavy atom. The van der Waals surface area contributed by atoms with E-state index in [9.17, 15) is 22.4 Å². The molecule has 27 heavy (non-hydrogen) atoms. The predicted octanol–water partition coefficient (Wildman–Crippen LogP) is 2.88. The molecule has 3 aromatic rings. The maximum Gasteiger partial charge on any atom is 0.435 e. The van der Waals surface area contributed by atoms with Gasteiger partial charge in [-0.05, 0) is 18.2 Å². The lowest BCUT2D eigenvalue weighted by Gasteiger charge is -2.08. The number of anilines is 1. The minimum absolute atomic E-state index is 0.0440. The van der Waals surface area contributed by atoms with Crippen LogP contribution in [0.2, 0.25) is 0 Å². The molecule has 0 atom stereocenters. The van der Waals surface area contributed by atoms with Crippen molar-refractivity contribution in [1.82, 2.24) is 19.3 Å². The van der Waals surface area contributed by atoms with Crippen LogP contribution in [-0.4, -0.2) is 31.9 Å². The molecule has 0 aliphatic carbocycles. The Balaban J connectivity index is 1.99. The summed E-state index contributed by atoms with van der Waals surface area (Å²) in [5.41, 5.74) is -0.395. The van der Waals surface area contributed by atoms with Gasteiger partial charge < -0.3 is 4.57 Å². The second kappa shape index (κ2) is 6.71. The van der Waals surface area contributed by atoms with E-state index in [0.717, 1.165) is 4.68 Å². The van der Waals surface area contributed by atoms with Gasteiger partial charge in [0, 0.05) is 13.1 Å². The molecule has 1 amide bonds. The SMILES string of the molecule is Cn1nc(C(F)(F)F)cc1C(=O)Nc1nc2ccc(C#N)cc2n1CCF. The number of carbonyl (C=O) groups is 1. The van der Waals surface area contributed by atoms with Gasteiger partial charge in [-0.2, -0.15) is 23.5 Å². The number of nitrogens with zero attached hydrogens (tertiary/aromatic N) is 5. The lowest BCUT2D eigenvalue weighted by Crippen LogP contribution is -2.19. The molecule has 0 spiro atoms. The summed E-state index contributed by atoms with van der Waals surface area (Å²) in [5, 5.41) is 14.6. The van der Waals surface area contributed by atoms with Crippen molar-refractivity contribution in [3.8, 4) is 6.07 Å². The van der Waals surface area contributed by atoms with Gasteiger partial charge in [0.15, 0.2) is 5.69 Å². The first kappa shape index (κ1) is 18.4. The molecule has 0 bridgehead atoms. The fraction of sp³-hybridized carbons (Fsp3) is 0.250. The van der Waals surface area contributed by atoms with Crippen molar-refractivity contribution in [2.24, 2.45) is 7.05 Å². The molecule has 1 N–H and O–H groups in total. The molecule has 0 radical (unpaired) electrons. The first-order valence-electron chi connectivity index (χ1n) is 7.63. The third-order valence-electron chi connectivity index (χ3n) is 3.81. The molecule has 0 aliphatic rings. The third kappa shape index (κ3) is 3.46. The zero-order chi connectivity index (χ0) is 19.8. The van der Waals surface area contributed by atoms with Crippen molar-refractivity contribution in [2.45, 2.75) is 12.7 Å². The van der Waals surface area contributed by atoms with Crippen LogP contribution in [0, 0.1) is 11.3 Å². The molecule has 0 unspecified atom stereocenters. The van der Waals surface area contributed by atoms with Gasteiger partial charge in [0.2, 0.25) is 5.95 Å². The number of rotatable bonds is 4. The van der Waals surface area contributed by atoms with Gasteiger partial charge in [-0.25, -0.2) is 9.37 Å². The Labute approximate surface area is 149 Å². The number of amides is 1. The highest BCUT2D eigenvalue weighted by Crippen LogP contribution is 2.28. The summed E-state index contributed by atoms with van der Waals surface area (Å²) in [6.45, 7) is -0.921. The lowest BCUT2D eigenvalue weighted by molar-refractivity contribution is -0.141. The summed E-state index contributed by atoms with van der Waals surface area (Å²) < 4.78 is 53.3. The van der Waals surface area contributed by atoms with Crippen molar-refractivity contribution in [2.75, 3.05) is 12.0 Å². The first-order chi connectivity index (χ1) is 12.7. The van der Waals surface area contributed by atoms with E-state index in [1.165, 1.54) is 29.8 Å². The molecule has 0 saturated carbocycles. The van der Waals surface area contributed by atoms with Gasteiger partial charge in [-0.15, -0.1) is 0 Å². The second-order valence-corrected chi connectivity index (χ2v) is 5.58. The lowest BCUT2D eigenvalue weighted by atomic mass is 10.2. The van der Waals surface area contributed by atoms with Gasteiger partial charge in [-0.3, -0.25) is 14.8 Å². The first-order valence-corrected chi connectivity index (χ1v) is 7.63. The van der Waals surface area contributed by atoms with E-state index >= 15 is 0 Å². The molecule has 1 aromatic carbocycles. The summed E-state index contributed by atoms with van der Waals surface area (Å²) in [6, 6.07) is 7.09. The molecule has 11 heteroatoms. The molecule has 3 rings (SSSR count). The Bertz CT molecular complexity index is 1060. The summed E-state index contributed by atoms with van der Waals surface area (Å²) in [6.07, 6.45) is -4.69. The number of aromatic nitrogens is 4. The van der Waals surface area contributed by atoms with Gasteiger partial charge in [0.05, 0.1) is 29.2 Å². The second-order valence-electron chi connectivity index (χ2n) is 5.58. The summed E-state index contributed by atoms with van der Waals surface area (Å²) >= 11 is 0. The van der Waals surface area contributed by atoms with Crippen molar-refractivity contribution < 1.29 is 22.4 Å². The van der Waals surface area contributed by atoms with Crippen molar-refractivity contribution in [1.29, 1.82) is 5.26 Å². The molecule has 0 fully saturated rings. The normalized spacial score (nSPS) is 11.6. The minimum Gasteiger partial charge on any atom is -0.307 e. The van der Waals surface area contributed by atoms with Crippen molar-refractivity contribution in [3.05, 3.63) is 41.2 Å². The number of aryl methyl sites for hydroxylation is 2. The quantitative estimate of drug-likeness (QED) is 0.705.